The summed E-state index contributed by atoms with van der Waals surface area (Å²) >= 11 is 1.57. The van der Waals surface area contributed by atoms with E-state index in [0.29, 0.717) is 5.13 Å². The Hall–Kier alpha value is -1.39. The van der Waals surface area contributed by atoms with Crippen LogP contribution in [0.15, 0.2) is 36.5 Å². The summed E-state index contributed by atoms with van der Waals surface area (Å²) in [6.07, 6.45) is 8.26. The summed E-state index contributed by atoms with van der Waals surface area (Å²) in [5.41, 5.74) is 7.25. The minimum atomic E-state index is 0.123. The van der Waals surface area contributed by atoms with Crippen molar-refractivity contribution < 1.29 is 0 Å². The topological polar surface area (TPSA) is 50.9 Å². The normalized spacial score (nSPS) is 18.0. The van der Waals surface area contributed by atoms with Crippen LogP contribution in [0.2, 0.25) is 0 Å². The highest BCUT2D eigenvalue weighted by Crippen LogP contribution is 2.37. The van der Waals surface area contributed by atoms with Gasteiger partial charge >= 0.3 is 0 Å². The van der Waals surface area contributed by atoms with Crippen LogP contribution in [0.5, 0.6) is 0 Å². The van der Waals surface area contributed by atoms with Crippen molar-refractivity contribution in [2.75, 3.05) is 5.73 Å². The highest BCUT2D eigenvalue weighted by Gasteiger charge is 2.33. The highest BCUT2D eigenvalue weighted by molar-refractivity contribution is 7.15. The fraction of sp³-hybridized carbons (Fsp3) is 0.438. The Morgan fingerprint density at radius 3 is 2.55 bits per heavy atom. The molecule has 106 valence electrons. The maximum Gasteiger partial charge on any atom is 0.180 e. The van der Waals surface area contributed by atoms with Gasteiger partial charge in [-0.25, -0.2) is 4.98 Å². The van der Waals surface area contributed by atoms with Crippen LogP contribution in [0.1, 0.15) is 42.5 Å². The second-order valence-corrected chi connectivity index (χ2v) is 6.67. The summed E-state index contributed by atoms with van der Waals surface area (Å²) in [6, 6.07) is 10.9. The van der Waals surface area contributed by atoms with Gasteiger partial charge in [-0.15, -0.1) is 11.3 Å². The number of nitrogen functional groups attached to an aromatic ring is 1. The van der Waals surface area contributed by atoms with Gasteiger partial charge in [0.1, 0.15) is 0 Å². The molecule has 1 heterocycles. The molecule has 4 heteroatoms. The largest absolute Gasteiger partial charge is 0.375 e. The highest BCUT2D eigenvalue weighted by atomic mass is 32.1. The standard InChI is InChI=1S/C16H21N3S/c17-15-18-11-14(20-15)12-19-16(9-5-2-6-10-16)13-7-3-1-4-8-13/h1,3-4,7-8,11,19H,2,5-6,9-10,12H2,(H2,17,18). The number of anilines is 1. The average molecular weight is 287 g/mol. The van der Waals surface area contributed by atoms with E-state index >= 15 is 0 Å². The quantitative estimate of drug-likeness (QED) is 0.902. The van der Waals surface area contributed by atoms with Gasteiger partial charge in [0.2, 0.25) is 0 Å². The third-order valence-electron chi connectivity index (χ3n) is 4.21. The summed E-state index contributed by atoms with van der Waals surface area (Å²) in [5, 5.41) is 4.45. The molecule has 1 aliphatic rings. The second-order valence-electron chi connectivity index (χ2n) is 5.53. The van der Waals surface area contributed by atoms with Crippen molar-refractivity contribution in [1.82, 2.24) is 10.3 Å². The predicted molar refractivity (Wildman–Crippen MR) is 84.6 cm³/mol. The third-order valence-corrected chi connectivity index (χ3v) is 5.03. The van der Waals surface area contributed by atoms with E-state index in [1.807, 2.05) is 6.20 Å². The molecule has 1 aromatic carbocycles. The number of aromatic nitrogens is 1. The van der Waals surface area contributed by atoms with E-state index in [1.165, 1.54) is 42.5 Å². The smallest absolute Gasteiger partial charge is 0.180 e. The van der Waals surface area contributed by atoms with Gasteiger partial charge in [-0.05, 0) is 18.4 Å². The predicted octanol–water partition coefficient (Wildman–Crippen LogP) is 3.67. The van der Waals surface area contributed by atoms with E-state index in [0.717, 1.165) is 6.54 Å². The molecule has 3 rings (SSSR count). The number of nitrogens with two attached hydrogens (primary N) is 1. The minimum Gasteiger partial charge on any atom is -0.375 e. The lowest BCUT2D eigenvalue weighted by molar-refractivity contribution is 0.232. The molecule has 0 atom stereocenters. The maximum absolute atomic E-state index is 5.71. The number of nitrogens with zero attached hydrogens (tertiary/aromatic N) is 1. The first kappa shape index (κ1) is 13.6. The van der Waals surface area contributed by atoms with Crippen LogP contribution >= 0.6 is 11.3 Å². The van der Waals surface area contributed by atoms with E-state index in [4.69, 9.17) is 5.73 Å². The van der Waals surface area contributed by atoms with Gasteiger partial charge in [0.05, 0.1) is 0 Å². The Kier molecular flexibility index (Phi) is 4.03. The average Bonchev–Trinajstić information content (AvgIpc) is 2.93. The van der Waals surface area contributed by atoms with Gasteiger partial charge < -0.3 is 11.1 Å². The zero-order valence-corrected chi connectivity index (χ0v) is 12.5. The molecule has 1 fully saturated rings. The summed E-state index contributed by atoms with van der Waals surface area (Å²) in [6.45, 7) is 0.851. The van der Waals surface area contributed by atoms with Crippen LogP contribution in [-0.2, 0) is 12.1 Å². The lowest BCUT2D eigenvalue weighted by Crippen LogP contribution is -2.43. The zero-order chi connectivity index (χ0) is 13.8. The fourth-order valence-electron chi connectivity index (χ4n) is 3.14. The Labute approximate surface area is 124 Å². The molecule has 0 aliphatic heterocycles. The van der Waals surface area contributed by atoms with Crippen molar-refractivity contribution in [2.45, 2.75) is 44.2 Å². The molecule has 1 aliphatic carbocycles. The first-order valence-corrected chi connectivity index (χ1v) is 8.11. The van der Waals surface area contributed by atoms with Crippen LogP contribution in [0.25, 0.3) is 0 Å². The Morgan fingerprint density at radius 2 is 1.90 bits per heavy atom. The molecule has 20 heavy (non-hydrogen) atoms. The first-order valence-electron chi connectivity index (χ1n) is 7.29. The van der Waals surface area contributed by atoms with Crippen LogP contribution < -0.4 is 11.1 Å². The van der Waals surface area contributed by atoms with Crippen molar-refractivity contribution >= 4 is 16.5 Å². The van der Waals surface area contributed by atoms with Crippen LogP contribution in [0, 0.1) is 0 Å². The van der Waals surface area contributed by atoms with Crippen molar-refractivity contribution in [3.8, 4) is 0 Å². The summed E-state index contributed by atoms with van der Waals surface area (Å²) in [7, 11) is 0. The Morgan fingerprint density at radius 1 is 1.15 bits per heavy atom. The molecule has 2 aromatic rings. The molecule has 0 radical (unpaired) electrons. The molecule has 0 spiro atoms. The summed E-state index contributed by atoms with van der Waals surface area (Å²) in [5.74, 6) is 0. The third kappa shape index (κ3) is 2.86. The van der Waals surface area contributed by atoms with Gasteiger partial charge in [0.25, 0.3) is 0 Å². The number of nitrogens with one attached hydrogen (secondary N) is 1. The molecular formula is C16H21N3S. The van der Waals surface area contributed by atoms with Gasteiger partial charge in [0.15, 0.2) is 5.13 Å². The van der Waals surface area contributed by atoms with Gasteiger partial charge in [0, 0.05) is 23.2 Å². The lowest BCUT2D eigenvalue weighted by atomic mass is 9.76. The molecule has 0 unspecified atom stereocenters. The Balaban J connectivity index is 1.79. The molecule has 0 saturated heterocycles. The van der Waals surface area contributed by atoms with Crippen molar-refractivity contribution in [2.24, 2.45) is 0 Å². The van der Waals surface area contributed by atoms with E-state index < -0.39 is 0 Å². The SMILES string of the molecule is Nc1ncc(CNC2(c3ccccc3)CCCCC2)s1. The molecule has 0 amide bonds. The maximum atomic E-state index is 5.71. The fourth-order valence-corrected chi connectivity index (χ4v) is 3.76. The van der Waals surface area contributed by atoms with Gasteiger partial charge in [-0.3, -0.25) is 0 Å². The summed E-state index contributed by atoms with van der Waals surface area (Å²) in [4.78, 5) is 5.34. The zero-order valence-electron chi connectivity index (χ0n) is 11.6. The first-order chi connectivity index (χ1) is 9.78. The lowest BCUT2D eigenvalue weighted by Gasteiger charge is -2.39. The van der Waals surface area contributed by atoms with Crippen LogP contribution in [0.4, 0.5) is 5.13 Å². The molecule has 0 bridgehead atoms. The van der Waals surface area contributed by atoms with Gasteiger partial charge in [-0.1, -0.05) is 49.6 Å². The number of thiazole rings is 1. The number of hydrogen-bond acceptors (Lipinski definition) is 4. The molecule has 3 nitrogen and oxygen atoms in total. The van der Waals surface area contributed by atoms with Crippen molar-refractivity contribution in [1.29, 1.82) is 0 Å². The number of benzene rings is 1. The summed E-state index contributed by atoms with van der Waals surface area (Å²) < 4.78 is 0. The van der Waals surface area contributed by atoms with Crippen LogP contribution in [-0.4, -0.2) is 4.98 Å². The molecule has 1 saturated carbocycles. The molecule has 3 N–H and O–H groups in total. The molecular weight excluding hydrogens is 266 g/mol. The van der Waals surface area contributed by atoms with Gasteiger partial charge in [-0.2, -0.15) is 0 Å². The monoisotopic (exact) mass is 287 g/mol. The van der Waals surface area contributed by atoms with E-state index in [1.54, 1.807) is 11.3 Å². The van der Waals surface area contributed by atoms with E-state index in [-0.39, 0.29) is 5.54 Å². The minimum absolute atomic E-state index is 0.123. The van der Waals surface area contributed by atoms with Crippen molar-refractivity contribution in [3.05, 3.63) is 47.0 Å². The second kappa shape index (κ2) is 5.94. The number of hydrogen-bond donors (Lipinski definition) is 2. The van der Waals surface area contributed by atoms with Crippen molar-refractivity contribution in [3.63, 3.8) is 0 Å². The number of rotatable bonds is 4. The molecule has 1 aromatic heterocycles. The Bertz CT molecular complexity index is 544. The van der Waals surface area contributed by atoms with Crippen LogP contribution in [0.3, 0.4) is 0 Å². The van der Waals surface area contributed by atoms with E-state index in [9.17, 15) is 0 Å². The van der Waals surface area contributed by atoms with E-state index in [2.05, 4.69) is 40.6 Å².